The molecule has 8 aromatic rings. The van der Waals surface area contributed by atoms with E-state index in [-0.39, 0.29) is 47.8 Å². The average molecular weight is 1030 g/mol. The Morgan fingerprint density at radius 3 is 1.49 bits per heavy atom. The number of fused-ring (bicyclic) bond motifs is 4. The lowest BCUT2D eigenvalue weighted by atomic mass is 10.0. The Bertz CT molecular complexity index is 3270. The summed E-state index contributed by atoms with van der Waals surface area (Å²) in [5.41, 5.74) is 15.4. The van der Waals surface area contributed by atoms with Crippen molar-refractivity contribution in [3.63, 3.8) is 0 Å². The van der Waals surface area contributed by atoms with Gasteiger partial charge in [0.25, 0.3) is 5.91 Å². The molecule has 12 heteroatoms. The molecule has 2 fully saturated rings. The Labute approximate surface area is 452 Å². The minimum Gasteiger partial charge on any atom is -0.354 e. The Morgan fingerprint density at radius 1 is 0.494 bits per heavy atom. The summed E-state index contributed by atoms with van der Waals surface area (Å²) in [6.45, 7) is 4.63. The van der Waals surface area contributed by atoms with Crippen molar-refractivity contribution < 1.29 is 19.2 Å². The number of nitrogens with one attached hydrogen (secondary N) is 4. The SMILES string of the molecule is NCCCC[C@@H]1N[C@H](CNC(=O)Cc2ccc3ccccc3c2)CCN(Cc2cccc3ccccc23)C1=O.NCCCC[C@@H]1N[C@H](CNC(=O)c2cccc3ccccc23)CCN(Cc2cccc3ccccc23)C1=O. The van der Waals surface area contributed by atoms with Crippen LogP contribution in [0, 0.1) is 0 Å². The summed E-state index contributed by atoms with van der Waals surface area (Å²) in [7, 11) is 0. The van der Waals surface area contributed by atoms with Gasteiger partial charge in [-0.2, -0.15) is 0 Å². The fraction of sp³-hybridized carbons (Fsp3) is 0.323. The zero-order chi connectivity index (χ0) is 53.3. The van der Waals surface area contributed by atoms with Gasteiger partial charge >= 0.3 is 0 Å². The molecule has 12 nitrogen and oxygen atoms in total. The molecule has 0 spiro atoms. The van der Waals surface area contributed by atoms with Crippen molar-refractivity contribution in [2.45, 2.75) is 95.0 Å². The van der Waals surface area contributed by atoms with Gasteiger partial charge in [-0.3, -0.25) is 19.2 Å². The fourth-order valence-corrected chi connectivity index (χ4v) is 11.0. The summed E-state index contributed by atoms with van der Waals surface area (Å²) in [5, 5.41) is 22.4. The van der Waals surface area contributed by atoms with E-state index in [0.29, 0.717) is 64.3 Å². The molecule has 77 heavy (non-hydrogen) atoms. The topological polar surface area (TPSA) is 175 Å². The van der Waals surface area contributed by atoms with Gasteiger partial charge in [0.2, 0.25) is 17.7 Å². The molecule has 8 N–H and O–H groups in total. The molecule has 4 amide bonds. The van der Waals surface area contributed by atoms with Gasteiger partial charge < -0.3 is 42.5 Å². The van der Waals surface area contributed by atoms with Gasteiger partial charge in [-0.15, -0.1) is 0 Å². The quantitative estimate of drug-likeness (QED) is 0.0435. The third-order valence-electron chi connectivity index (χ3n) is 15.2. The molecule has 2 aliphatic rings. The van der Waals surface area contributed by atoms with Gasteiger partial charge in [-0.25, -0.2) is 0 Å². The Hall–Kier alpha value is -7.48. The van der Waals surface area contributed by atoms with Crippen LogP contribution in [0.1, 0.15) is 78.4 Å². The van der Waals surface area contributed by atoms with E-state index in [2.05, 4.69) is 106 Å². The molecular formula is C65H74N8O4. The van der Waals surface area contributed by atoms with Gasteiger partial charge in [0.05, 0.1) is 18.5 Å². The minimum atomic E-state index is -0.293. The van der Waals surface area contributed by atoms with Crippen LogP contribution in [-0.4, -0.2) is 96.9 Å². The van der Waals surface area contributed by atoms with Gasteiger partial charge in [0.15, 0.2) is 0 Å². The van der Waals surface area contributed by atoms with Crippen LogP contribution in [0.25, 0.3) is 43.1 Å². The smallest absolute Gasteiger partial charge is 0.251 e. The molecule has 2 saturated heterocycles. The number of amides is 4. The first-order valence-corrected chi connectivity index (χ1v) is 27.7. The van der Waals surface area contributed by atoms with Crippen molar-refractivity contribution in [1.82, 2.24) is 31.1 Å². The van der Waals surface area contributed by atoms with E-state index in [1.165, 1.54) is 26.9 Å². The van der Waals surface area contributed by atoms with Gasteiger partial charge in [-0.1, -0.05) is 177 Å². The maximum Gasteiger partial charge on any atom is 0.251 e. The van der Waals surface area contributed by atoms with E-state index in [9.17, 15) is 19.2 Å². The largest absolute Gasteiger partial charge is 0.354 e. The van der Waals surface area contributed by atoms with E-state index in [4.69, 9.17) is 11.5 Å². The normalized spacial score (nSPS) is 17.9. The Kier molecular flexibility index (Phi) is 19.1. The molecule has 2 heterocycles. The van der Waals surface area contributed by atoms with E-state index >= 15 is 0 Å². The van der Waals surface area contributed by atoms with Gasteiger partial charge in [0.1, 0.15) is 0 Å². The predicted octanol–water partition coefficient (Wildman–Crippen LogP) is 9.15. The van der Waals surface area contributed by atoms with Gasteiger partial charge in [-0.05, 0) is 117 Å². The van der Waals surface area contributed by atoms with Crippen LogP contribution in [0.15, 0.2) is 170 Å². The highest BCUT2D eigenvalue weighted by Crippen LogP contribution is 2.25. The van der Waals surface area contributed by atoms with Crippen molar-refractivity contribution >= 4 is 66.7 Å². The van der Waals surface area contributed by atoms with Gasteiger partial charge in [0, 0.05) is 56.9 Å². The monoisotopic (exact) mass is 1030 g/mol. The second-order valence-corrected chi connectivity index (χ2v) is 20.7. The molecule has 0 radical (unpaired) electrons. The van der Waals surface area contributed by atoms with Crippen LogP contribution < -0.4 is 32.7 Å². The standard InChI is InChI=1S/C33H38N4O2.C32H36N4O2/c34-18-6-5-14-31-33(39)37(23-28-12-7-11-26-9-3-4-13-30(26)28)19-17-29(36-31)22-35-32(38)21-24-15-16-25-8-1-2-10-27(25)20-24;33-19-6-5-17-30-32(38)36(22-25-13-7-11-23-9-1-3-14-27(23)25)20-18-26(35-30)21-34-31(37)29-16-8-12-24-10-2-4-15-28(24)29/h1-4,7-13,15-16,20,29,31,36H,5-6,14,17-19,21-23,34H2,(H,35,38);1-4,7-16,26,30,35H,5-6,17-22,33H2,(H,34,37)/t29-,31-;26-,30-/m00/s1. The number of unbranched alkanes of at least 4 members (excludes halogenated alkanes) is 2. The molecule has 0 bridgehead atoms. The molecule has 4 atom stereocenters. The Balaban J connectivity index is 0.000000188. The van der Waals surface area contributed by atoms with Crippen molar-refractivity contribution in [2.75, 3.05) is 39.3 Å². The fourth-order valence-electron chi connectivity index (χ4n) is 11.0. The van der Waals surface area contributed by atoms with E-state index < -0.39 is 0 Å². The van der Waals surface area contributed by atoms with Crippen LogP contribution in [-0.2, 0) is 33.9 Å². The number of rotatable bonds is 19. The van der Waals surface area contributed by atoms with Crippen molar-refractivity contribution in [3.8, 4) is 0 Å². The zero-order valence-corrected chi connectivity index (χ0v) is 44.2. The number of benzene rings is 8. The third kappa shape index (κ3) is 14.3. The zero-order valence-electron chi connectivity index (χ0n) is 44.2. The molecule has 2 aliphatic heterocycles. The lowest BCUT2D eigenvalue weighted by Crippen LogP contribution is -2.48. The van der Waals surface area contributed by atoms with Crippen molar-refractivity contribution in [3.05, 3.63) is 192 Å². The molecule has 8 aromatic carbocycles. The van der Waals surface area contributed by atoms with E-state index in [0.717, 1.165) is 84.2 Å². The van der Waals surface area contributed by atoms with Crippen molar-refractivity contribution in [2.24, 2.45) is 11.5 Å². The van der Waals surface area contributed by atoms with Crippen LogP contribution in [0.4, 0.5) is 0 Å². The van der Waals surface area contributed by atoms with Crippen LogP contribution >= 0.6 is 0 Å². The number of nitrogens with zero attached hydrogens (tertiary/aromatic N) is 2. The molecular weight excluding hydrogens is 957 g/mol. The first kappa shape index (κ1) is 54.3. The number of carbonyl (C=O) groups is 4. The third-order valence-corrected chi connectivity index (χ3v) is 15.2. The second-order valence-electron chi connectivity index (χ2n) is 20.7. The predicted molar refractivity (Wildman–Crippen MR) is 312 cm³/mol. The first-order chi connectivity index (χ1) is 37.7. The van der Waals surface area contributed by atoms with E-state index in [1.54, 1.807) is 0 Å². The second kappa shape index (κ2) is 27.0. The number of nitrogens with two attached hydrogens (primary N) is 2. The minimum absolute atomic E-state index is 0.00160. The summed E-state index contributed by atoms with van der Waals surface area (Å²) in [6, 6.07) is 56.7. The van der Waals surface area contributed by atoms with Crippen LogP contribution in [0.5, 0.6) is 0 Å². The average Bonchev–Trinajstić information content (AvgIpc) is 3.73. The summed E-state index contributed by atoms with van der Waals surface area (Å²) in [6.07, 6.45) is 6.91. The number of hydrogen-bond acceptors (Lipinski definition) is 8. The molecule has 398 valence electrons. The highest BCUT2D eigenvalue weighted by Gasteiger charge is 2.33. The number of carbonyl (C=O) groups excluding carboxylic acids is 4. The maximum atomic E-state index is 13.7. The molecule has 0 unspecified atom stereocenters. The lowest BCUT2D eigenvalue weighted by Gasteiger charge is -2.25. The first-order valence-electron chi connectivity index (χ1n) is 27.7. The molecule has 0 saturated carbocycles. The molecule has 10 rings (SSSR count). The van der Waals surface area contributed by atoms with E-state index in [1.807, 2.05) is 94.7 Å². The maximum absolute atomic E-state index is 13.7. The molecule has 0 aliphatic carbocycles. The number of hydrogen-bond donors (Lipinski definition) is 6. The van der Waals surface area contributed by atoms with Crippen LogP contribution in [0.2, 0.25) is 0 Å². The summed E-state index contributed by atoms with van der Waals surface area (Å²) >= 11 is 0. The molecule has 0 aromatic heterocycles. The lowest BCUT2D eigenvalue weighted by molar-refractivity contribution is -0.134. The summed E-state index contributed by atoms with van der Waals surface area (Å²) < 4.78 is 0. The summed E-state index contributed by atoms with van der Waals surface area (Å²) in [4.78, 5) is 57.3. The highest BCUT2D eigenvalue weighted by atomic mass is 16.2. The Morgan fingerprint density at radius 2 is 0.948 bits per heavy atom. The van der Waals surface area contributed by atoms with Crippen LogP contribution in [0.3, 0.4) is 0 Å². The summed E-state index contributed by atoms with van der Waals surface area (Å²) in [5.74, 6) is 0.157. The highest BCUT2D eigenvalue weighted by molar-refractivity contribution is 6.07. The van der Waals surface area contributed by atoms with Crippen molar-refractivity contribution in [1.29, 1.82) is 0 Å².